The number of hydrogen-bond acceptors (Lipinski definition) is 4. The minimum absolute atomic E-state index is 0.143. The van der Waals surface area contributed by atoms with Gasteiger partial charge in [0.15, 0.2) is 0 Å². The molecule has 0 spiro atoms. The molecule has 4 heteroatoms. The molecule has 2 N–H and O–H groups in total. The van der Waals surface area contributed by atoms with Crippen LogP contribution in [0.4, 0.5) is 0 Å². The summed E-state index contributed by atoms with van der Waals surface area (Å²) in [5.74, 6) is 0. The maximum absolute atomic E-state index is 6.22. The highest BCUT2D eigenvalue weighted by Gasteiger charge is 2.41. The Morgan fingerprint density at radius 2 is 1.80 bits per heavy atom. The molecule has 0 bridgehead atoms. The summed E-state index contributed by atoms with van der Waals surface area (Å²) in [5.41, 5.74) is 6.36. The lowest BCUT2D eigenvalue weighted by atomic mass is 9.77. The summed E-state index contributed by atoms with van der Waals surface area (Å²) in [7, 11) is 3.60. The van der Waals surface area contributed by atoms with Crippen molar-refractivity contribution in [2.24, 2.45) is 5.73 Å². The van der Waals surface area contributed by atoms with Crippen molar-refractivity contribution in [3.8, 4) is 0 Å². The van der Waals surface area contributed by atoms with Crippen molar-refractivity contribution in [1.29, 1.82) is 0 Å². The van der Waals surface area contributed by atoms with E-state index in [9.17, 15) is 0 Å². The summed E-state index contributed by atoms with van der Waals surface area (Å²) in [6.45, 7) is 7.06. The van der Waals surface area contributed by atoms with E-state index in [1.165, 1.54) is 12.8 Å². The monoisotopic (exact) mass is 286 g/mol. The van der Waals surface area contributed by atoms with E-state index in [4.69, 9.17) is 15.2 Å². The van der Waals surface area contributed by atoms with Crippen LogP contribution in [0.5, 0.6) is 0 Å². The van der Waals surface area contributed by atoms with Crippen LogP contribution in [-0.4, -0.2) is 56.5 Å². The fraction of sp³-hybridized carbons (Fsp3) is 1.00. The van der Waals surface area contributed by atoms with Crippen LogP contribution in [0, 0.1) is 0 Å². The van der Waals surface area contributed by atoms with Crippen LogP contribution in [0.1, 0.15) is 52.4 Å². The van der Waals surface area contributed by atoms with E-state index in [0.29, 0.717) is 12.1 Å². The topological polar surface area (TPSA) is 47.7 Å². The van der Waals surface area contributed by atoms with Crippen LogP contribution in [0.25, 0.3) is 0 Å². The summed E-state index contributed by atoms with van der Waals surface area (Å²) in [6, 6.07) is 0.604. The molecule has 1 aliphatic rings. The molecule has 0 saturated heterocycles. The molecule has 120 valence electrons. The zero-order valence-corrected chi connectivity index (χ0v) is 13.9. The molecule has 1 rings (SSSR count). The number of hydrogen-bond donors (Lipinski definition) is 1. The first-order chi connectivity index (χ1) is 9.67. The number of rotatable bonds is 9. The van der Waals surface area contributed by atoms with Gasteiger partial charge < -0.3 is 15.2 Å². The molecule has 0 aromatic heterocycles. The number of methoxy groups -OCH3 is 2. The minimum atomic E-state index is 0.143. The van der Waals surface area contributed by atoms with Gasteiger partial charge in [-0.2, -0.15) is 0 Å². The highest BCUT2D eigenvalue weighted by atomic mass is 16.5. The molecule has 0 aromatic rings. The molecule has 0 aliphatic heterocycles. The van der Waals surface area contributed by atoms with Crippen molar-refractivity contribution >= 4 is 0 Å². The molecule has 0 heterocycles. The van der Waals surface area contributed by atoms with Gasteiger partial charge in [-0.1, -0.05) is 13.8 Å². The van der Waals surface area contributed by atoms with Gasteiger partial charge in [-0.05, 0) is 38.5 Å². The molecule has 0 radical (unpaired) electrons. The highest BCUT2D eigenvalue weighted by Crippen LogP contribution is 2.36. The van der Waals surface area contributed by atoms with Crippen molar-refractivity contribution < 1.29 is 9.47 Å². The predicted molar refractivity (Wildman–Crippen MR) is 84.0 cm³/mol. The fourth-order valence-electron chi connectivity index (χ4n) is 3.70. The Kier molecular flexibility index (Phi) is 8.03. The second kappa shape index (κ2) is 8.98. The van der Waals surface area contributed by atoms with Crippen LogP contribution in [0.3, 0.4) is 0 Å². The molecule has 0 aromatic carbocycles. The molecule has 1 fully saturated rings. The Balaban J connectivity index is 2.83. The van der Waals surface area contributed by atoms with Gasteiger partial charge in [-0.25, -0.2) is 0 Å². The van der Waals surface area contributed by atoms with Gasteiger partial charge in [0.2, 0.25) is 0 Å². The lowest BCUT2D eigenvalue weighted by Crippen LogP contribution is -2.60. The third-order valence-corrected chi connectivity index (χ3v) is 5.11. The molecule has 4 nitrogen and oxygen atoms in total. The first-order valence-electron chi connectivity index (χ1n) is 8.16. The molecule has 20 heavy (non-hydrogen) atoms. The Labute approximate surface area is 125 Å². The van der Waals surface area contributed by atoms with Crippen LogP contribution in [0.2, 0.25) is 0 Å². The van der Waals surface area contributed by atoms with Gasteiger partial charge in [0.1, 0.15) is 0 Å². The first kappa shape index (κ1) is 17.9. The van der Waals surface area contributed by atoms with Crippen LogP contribution >= 0.6 is 0 Å². The lowest BCUT2D eigenvalue weighted by molar-refractivity contribution is -0.0371. The van der Waals surface area contributed by atoms with E-state index in [2.05, 4.69) is 18.7 Å². The van der Waals surface area contributed by atoms with E-state index < -0.39 is 0 Å². The van der Waals surface area contributed by atoms with Crippen molar-refractivity contribution in [1.82, 2.24) is 4.90 Å². The maximum atomic E-state index is 6.22. The van der Waals surface area contributed by atoms with E-state index in [1.807, 2.05) is 7.11 Å². The minimum Gasteiger partial charge on any atom is -0.383 e. The van der Waals surface area contributed by atoms with E-state index in [-0.39, 0.29) is 5.54 Å². The summed E-state index contributed by atoms with van der Waals surface area (Å²) in [4.78, 5) is 2.64. The van der Waals surface area contributed by atoms with Gasteiger partial charge in [0.05, 0.1) is 12.7 Å². The number of nitrogens with two attached hydrogens (primary N) is 1. The lowest BCUT2D eigenvalue weighted by Gasteiger charge is -2.50. The van der Waals surface area contributed by atoms with Crippen molar-refractivity contribution in [2.75, 3.05) is 33.9 Å². The standard InChI is InChI=1S/C16H34N2O2/c1-5-14(6-2)18(11-12-19-3)16(13-17)9-7-15(20-4)8-10-16/h14-15H,5-13,17H2,1-4H3. The first-order valence-corrected chi connectivity index (χ1v) is 8.16. The molecule has 0 unspecified atom stereocenters. The van der Waals surface area contributed by atoms with Gasteiger partial charge >= 0.3 is 0 Å². The molecule has 0 atom stereocenters. The Hall–Kier alpha value is -0.160. The van der Waals surface area contributed by atoms with Crippen molar-refractivity contribution in [3.05, 3.63) is 0 Å². The predicted octanol–water partition coefficient (Wildman–Crippen LogP) is 2.41. The van der Waals surface area contributed by atoms with Crippen molar-refractivity contribution in [3.63, 3.8) is 0 Å². The van der Waals surface area contributed by atoms with Crippen LogP contribution in [0.15, 0.2) is 0 Å². The number of nitrogens with zero attached hydrogens (tertiary/aromatic N) is 1. The van der Waals surface area contributed by atoms with Gasteiger partial charge in [-0.3, -0.25) is 4.90 Å². The van der Waals surface area contributed by atoms with Gasteiger partial charge in [0, 0.05) is 38.9 Å². The van der Waals surface area contributed by atoms with Gasteiger partial charge in [0.25, 0.3) is 0 Å². The zero-order valence-electron chi connectivity index (χ0n) is 13.9. The molecule has 1 aliphatic carbocycles. The SMILES string of the molecule is CCC(CC)N(CCOC)C1(CN)CCC(OC)CC1. The molecular weight excluding hydrogens is 252 g/mol. The zero-order chi connectivity index (χ0) is 15.0. The van der Waals surface area contributed by atoms with E-state index in [0.717, 1.165) is 45.4 Å². The summed E-state index contributed by atoms with van der Waals surface area (Å²) in [5, 5.41) is 0. The summed E-state index contributed by atoms with van der Waals surface area (Å²) >= 11 is 0. The largest absolute Gasteiger partial charge is 0.383 e. The maximum Gasteiger partial charge on any atom is 0.0590 e. The highest BCUT2D eigenvalue weighted by molar-refractivity contribution is 4.98. The van der Waals surface area contributed by atoms with Crippen LogP contribution in [-0.2, 0) is 9.47 Å². The molecule has 0 amide bonds. The number of ether oxygens (including phenoxy) is 2. The second-order valence-electron chi connectivity index (χ2n) is 6.02. The second-order valence-corrected chi connectivity index (χ2v) is 6.02. The average Bonchev–Trinajstić information content (AvgIpc) is 2.51. The van der Waals surface area contributed by atoms with E-state index in [1.54, 1.807) is 7.11 Å². The van der Waals surface area contributed by atoms with Gasteiger partial charge in [-0.15, -0.1) is 0 Å². The fourth-order valence-corrected chi connectivity index (χ4v) is 3.70. The quantitative estimate of drug-likeness (QED) is 0.707. The normalized spacial score (nSPS) is 27.4. The van der Waals surface area contributed by atoms with E-state index >= 15 is 0 Å². The molecular formula is C16H34N2O2. The summed E-state index contributed by atoms with van der Waals surface area (Å²) < 4.78 is 10.8. The Bertz CT molecular complexity index is 249. The third kappa shape index (κ3) is 4.17. The smallest absolute Gasteiger partial charge is 0.0590 e. The van der Waals surface area contributed by atoms with Crippen LogP contribution < -0.4 is 5.73 Å². The molecule has 1 saturated carbocycles. The Morgan fingerprint density at radius 1 is 1.20 bits per heavy atom. The Morgan fingerprint density at radius 3 is 2.20 bits per heavy atom. The van der Waals surface area contributed by atoms with Crippen molar-refractivity contribution in [2.45, 2.75) is 70.1 Å². The average molecular weight is 286 g/mol. The third-order valence-electron chi connectivity index (χ3n) is 5.11. The summed E-state index contributed by atoms with van der Waals surface area (Å²) in [6.07, 6.45) is 7.30.